The second-order valence-electron chi connectivity index (χ2n) is 6.94. The Hall–Kier alpha value is -2.46. The normalized spacial score (nSPS) is 19.6. The molecule has 1 N–H and O–H groups in total. The Bertz CT molecular complexity index is 763. The smallest absolute Gasteiger partial charge is 0.142 e. The van der Waals surface area contributed by atoms with Gasteiger partial charge in [0.05, 0.1) is 0 Å². The molecule has 0 aromatic heterocycles. The number of phenolic OH excluding ortho intramolecular Hbond substituents is 1. The first kappa shape index (κ1) is 17.0. The summed E-state index contributed by atoms with van der Waals surface area (Å²) in [4.78, 5) is 2.48. The van der Waals surface area contributed by atoms with E-state index in [1.807, 2.05) is 42.5 Å². The lowest BCUT2D eigenvalue weighted by atomic mass is 10.0. The number of aromatic hydroxyl groups is 1. The van der Waals surface area contributed by atoms with Crippen LogP contribution in [0.25, 0.3) is 6.08 Å². The zero-order chi connectivity index (χ0) is 17.8. The maximum absolute atomic E-state index is 9.63. The monoisotopic (exact) mass is 351 g/mol. The molecule has 0 radical (unpaired) electrons. The molecule has 0 saturated carbocycles. The summed E-state index contributed by atoms with van der Waals surface area (Å²) >= 11 is 0. The molecule has 2 aliphatic heterocycles. The van der Waals surface area contributed by atoms with Crippen molar-refractivity contribution in [1.82, 2.24) is 4.90 Å². The maximum Gasteiger partial charge on any atom is 0.142 e. The Balaban J connectivity index is 1.33. The Morgan fingerprint density at radius 2 is 1.85 bits per heavy atom. The summed E-state index contributed by atoms with van der Waals surface area (Å²) in [6.45, 7) is 4.12. The summed E-state index contributed by atoms with van der Waals surface area (Å²) < 4.78 is 11.9. The summed E-state index contributed by atoms with van der Waals surface area (Å²) in [5.41, 5.74) is 2.05. The summed E-state index contributed by atoms with van der Waals surface area (Å²) in [5, 5.41) is 9.63. The van der Waals surface area contributed by atoms with Gasteiger partial charge in [0.15, 0.2) is 0 Å². The molecule has 0 bridgehead atoms. The Morgan fingerprint density at radius 1 is 1.04 bits per heavy atom. The third-order valence-corrected chi connectivity index (χ3v) is 5.04. The first-order chi connectivity index (χ1) is 12.8. The van der Waals surface area contributed by atoms with Crippen molar-refractivity contribution in [2.75, 3.05) is 26.2 Å². The lowest BCUT2D eigenvalue weighted by Crippen LogP contribution is -2.33. The van der Waals surface area contributed by atoms with E-state index in [4.69, 9.17) is 9.47 Å². The lowest BCUT2D eigenvalue weighted by Gasteiger charge is -2.26. The molecule has 26 heavy (non-hydrogen) atoms. The van der Waals surface area contributed by atoms with E-state index in [0.29, 0.717) is 5.75 Å². The van der Waals surface area contributed by atoms with Gasteiger partial charge in [-0.05, 0) is 61.8 Å². The van der Waals surface area contributed by atoms with Gasteiger partial charge in [-0.25, -0.2) is 0 Å². The van der Waals surface area contributed by atoms with Crippen LogP contribution in [0.3, 0.4) is 0 Å². The zero-order valence-corrected chi connectivity index (χ0v) is 14.9. The molecule has 0 aliphatic carbocycles. The van der Waals surface area contributed by atoms with Crippen molar-refractivity contribution in [1.29, 1.82) is 0 Å². The van der Waals surface area contributed by atoms with Crippen LogP contribution in [0.2, 0.25) is 0 Å². The van der Waals surface area contributed by atoms with E-state index in [2.05, 4.69) is 4.90 Å². The maximum atomic E-state index is 9.63. The molecule has 1 saturated heterocycles. The van der Waals surface area contributed by atoms with Crippen LogP contribution in [-0.4, -0.2) is 36.2 Å². The predicted octanol–water partition coefficient (Wildman–Crippen LogP) is 4.40. The molecule has 2 heterocycles. The summed E-state index contributed by atoms with van der Waals surface area (Å²) in [6.07, 6.45) is 7.90. The zero-order valence-electron chi connectivity index (χ0n) is 14.9. The Morgan fingerprint density at radius 3 is 2.65 bits per heavy atom. The largest absolute Gasteiger partial charge is 0.508 e. The van der Waals surface area contributed by atoms with Crippen LogP contribution in [0, 0.1) is 0 Å². The number of hydrogen-bond acceptors (Lipinski definition) is 4. The van der Waals surface area contributed by atoms with Gasteiger partial charge >= 0.3 is 0 Å². The van der Waals surface area contributed by atoms with E-state index >= 15 is 0 Å². The van der Waals surface area contributed by atoms with Gasteiger partial charge in [-0.3, -0.25) is 4.90 Å². The number of hydrogen-bond donors (Lipinski definition) is 1. The van der Waals surface area contributed by atoms with Crippen LogP contribution in [0.5, 0.6) is 17.2 Å². The minimum atomic E-state index is -0.147. The summed E-state index contributed by atoms with van der Waals surface area (Å²) in [5.74, 6) is 1.82. The molecule has 136 valence electrons. The second kappa shape index (κ2) is 7.83. The Kier molecular flexibility index (Phi) is 5.12. The Labute approximate surface area is 154 Å². The summed E-state index contributed by atoms with van der Waals surface area (Å²) in [6, 6.07) is 13.3. The average Bonchev–Trinajstić information content (AvgIpc) is 2.69. The number of fused-ring (bicyclic) bond motifs is 1. The van der Waals surface area contributed by atoms with Crippen molar-refractivity contribution in [3.63, 3.8) is 0 Å². The fourth-order valence-electron chi connectivity index (χ4n) is 3.54. The molecule has 4 rings (SSSR count). The van der Waals surface area contributed by atoms with Crippen molar-refractivity contribution >= 4 is 6.08 Å². The third kappa shape index (κ3) is 4.02. The molecule has 2 aliphatic rings. The number of piperidine rings is 1. The molecule has 2 aromatic rings. The molecular formula is C22H25NO3. The molecular weight excluding hydrogens is 326 g/mol. The highest BCUT2D eigenvalue weighted by Gasteiger charge is 2.17. The summed E-state index contributed by atoms with van der Waals surface area (Å²) in [7, 11) is 0. The first-order valence-corrected chi connectivity index (χ1v) is 9.41. The number of phenols is 1. The van der Waals surface area contributed by atoms with Gasteiger partial charge in [0.1, 0.15) is 30.0 Å². The molecule has 1 fully saturated rings. The SMILES string of the molecule is Oc1ccc2c(c1)O[C@H](c1ccc(OCCN3CCCCC3)cc1)C=C2. The van der Waals surface area contributed by atoms with Gasteiger partial charge in [0, 0.05) is 18.2 Å². The molecule has 0 spiro atoms. The van der Waals surface area contributed by atoms with Gasteiger partial charge in [-0.15, -0.1) is 0 Å². The van der Waals surface area contributed by atoms with Gasteiger partial charge < -0.3 is 14.6 Å². The predicted molar refractivity (Wildman–Crippen MR) is 103 cm³/mol. The van der Waals surface area contributed by atoms with Crippen molar-refractivity contribution in [3.05, 3.63) is 59.7 Å². The molecule has 2 aromatic carbocycles. The highest BCUT2D eigenvalue weighted by molar-refractivity contribution is 5.62. The molecule has 0 amide bonds. The van der Waals surface area contributed by atoms with Crippen LogP contribution < -0.4 is 9.47 Å². The second-order valence-corrected chi connectivity index (χ2v) is 6.94. The van der Waals surface area contributed by atoms with Crippen molar-refractivity contribution in [2.24, 2.45) is 0 Å². The van der Waals surface area contributed by atoms with E-state index in [0.717, 1.165) is 30.0 Å². The third-order valence-electron chi connectivity index (χ3n) is 5.04. The quantitative estimate of drug-likeness (QED) is 0.867. The highest BCUT2D eigenvalue weighted by Crippen LogP contribution is 2.35. The van der Waals surface area contributed by atoms with Gasteiger partial charge in [-0.1, -0.05) is 24.6 Å². The van der Waals surface area contributed by atoms with E-state index in [1.54, 1.807) is 12.1 Å². The minimum absolute atomic E-state index is 0.147. The van der Waals surface area contributed by atoms with Crippen molar-refractivity contribution < 1.29 is 14.6 Å². The van der Waals surface area contributed by atoms with Crippen LogP contribution in [0.15, 0.2) is 48.5 Å². The van der Waals surface area contributed by atoms with E-state index < -0.39 is 0 Å². The molecule has 0 unspecified atom stereocenters. The fraction of sp³-hybridized carbons (Fsp3) is 0.364. The van der Waals surface area contributed by atoms with Crippen LogP contribution in [-0.2, 0) is 0 Å². The van der Waals surface area contributed by atoms with Crippen LogP contribution in [0.1, 0.15) is 36.5 Å². The highest BCUT2D eigenvalue weighted by atomic mass is 16.5. The molecule has 4 nitrogen and oxygen atoms in total. The van der Waals surface area contributed by atoms with Gasteiger partial charge in [0.25, 0.3) is 0 Å². The van der Waals surface area contributed by atoms with Crippen molar-refractivity contribution in [2.45, 2.75) is 25.4 Å². The molecule has 4 heteroatoms. The number of ether oxygens (including phenoxy) is 2. The molecule has 1 atom stereocenters. The lowest BCUT2D eigenvalue weighted by molar-refractivity contribution is 0.183. The number of benzene rings is 2. The topological polar surface area (TPSA) is 41.9 Å². The van der Waals surface area contributed by atoms with E-state index in [-0.39, 0.29) is 11.9 Å². The fourth-order valence-corrected chi connectivity index (χ4v) is 3.54. The van der Waals surface area contributed by atoms with Crippen LogP contribution >= 0.6 is 0 Å². The standard InChI is InChI=1S/C22H25NO3/c24-19-8-4-18-7-11-21(26-22(18)16-19)17-5-9-20(10-6-17)25-15-14-23-12-2-1-3-13-23/h4-11,16,21,24H,1-3,12-15H2/t21-/m0/s1. The van der Waals surface area contributed by atoms with E-state index in [1.165, 1.54) is 32.4 Å². The number of nitrogens with zero attached hydrogens (tertiary/aromatic N) is 1. The minimum Gasteiger partial charge on any atom is -0.508 e. The van der Waals surface area contributed by atoms with Gasteiger partial charge in [-0.2, -0.15) is 0 Å². The van der Waals surface area contributed by atoms with Crippen molar-refractivity contribution in [3.8, 4) is 17.2 Å². The number of likely N-dealkylation sites (tertiary alicyclic amines) is 1. The van der Waals surface area contributed by atoms with E-state index in [9.17, 15) is 5.11 Å². The van der Waals surface area contributed by atoms with Gasteiger partial charge in [0.2, 0.25) is 0 Å². The number of rotatable bonds is 5. The average molecular weight is 351 g/mol. The van der Waals surface area contributed by atoms with Crippen LogP contribution in [0.4, 0.5) is 0 Å². The first-order valence-electron chi connectivity index (χ1n) is 9.41.